The number of nitrogen functional groups attached to an aromatic ring is 1. The Kier molecular flexibility index (Phi) is 5.32. The van der Waals surface area contributed by atoms with Crippen molar-refractivity contribution in [3.8, 4) is 0 Å². The Morgan fingerprint density at radius 3 is 2.72 bits per heavy atom. The number of furan rings is 1. The SMILES string of the molecule is COC(=O)[C@@H](NC(=O)c1oc2cc(Br)ccc2c1N)C1CCCCC1. The Labute approximate surface area is 154 Å². The van der Waals surface area contributed by atoms with Crippen molar-refractivity contribution in [1.29, 1.82) is 0 Å². The van der Waals surface area contributed by atoms with Gasteiger partial charge in [0, 0.05) is 9.86 Å². The second-order valence-electron chi connectivity index (χ2n) is 6.36. The van der Waals surface area contributed by atoms with E-state index >= 15 is 0 Å². The second kappa shape index (κ2) is 7.47. The van der Waals surface area contributed by atoms with E-state index in [1.165, 1.54) is 7.11 Å². The lowest BCUT2D eigenvalue weighted by Crippen LogP contribution is -2.47. The Morgan fingerprint density at radius 1 is 1.32 bits per heavy atom. The molecule has 0 radical (unpaired) electrons. The smallest absolute Gasteiger partial charge is 0.328 e. The van der Waals surface area contributed by atoms with Gasteiger partial charge in [-0.1, -0.05) is 35.2 Å². The van der Waals surface area contributed by atoms with Gasteiger partial charge in [-0.25, -0.2) is 4.79 Å². The number of methoxy groups -OCH3 is 1. The summed E-state index contributed by atoms with van der Waals surface area (Å²) in [7, 11) is 1.33. The molecule has 3 rings (SSSR count). The van der Waals surface area contributed by atoms with Crippen molar-refractivity contribution < 1.29 is 18.7 Å². The zero-order valence-electron chi connectivity index (χ0n) is 14.0. The summed E-state index contributed by atoms with van der Waals surface area (Å²) >= 11 is 3.36. The topological polar surface area (TPSA) is 94.6 Å². The average Bonchev–Trinajstić information content (AvgIpc) is 2.95. The van der Waals surface area contributed by atoms with E-state index in [2.05, 4.69) is 21.2 Å². The van der Waals surface area contributed by atoms with Crippen molar-refractivity contribution in [3.63, 3.8) is 0 Å². The van der Waals surface area contributed by atoms with E-state index in [1.54, 1.807) is 12.1 Å². The first kappa shape index (κ1) is 17.8. The molecule has 1 aromatic carbocycles. The molecule has 1 aliphatic carbocycles. The molecule has 0 saturated heterocycles. The highest BCUT2D eigenvalue weighted by Crippen LogP contribution is 2.31. The number of nitrogens with two attached hydrogens (primary N) is 1. The van der Waals surface area contributed by atoms with Crippen molar-refractivity contribution in [3.05, 3.63) is 28.4 Å². The summed E-state index contributed by atoms with van der Waals surface area (Å²) in [5.41, 5.74) is 6.86. The van der Waals surface area contributed by atoms with Crippen LogP contribution in [0.2, 0.25) is 0 Å². The molecule has 134 valence electrons. The maximum atomic E-state index is 12.7. The lowest BCUT2D eigenvalue weighted by atomic mass is 9.84. The number of halogens is 1. The average molecular weight is 409 g/mol. The molecular formula is C18H21BrN2O4. The molecule has 1 atom stereocenters. The molecule has 1 aliphatic rings. The monoisotopic (exact) mass is 408 g/mol. The van der Waals surface area contributed by atoms with E-state index in [4.69, 9.17) is 14.9 Å². The summed E-state index contributed by atoms with van der Waals surface area (Å²) in [6.45, 7) is 0. The molecule has 2 aromatic rings. The number of carbonyl (C=O) groups is 2. The second-order valence-corrected chi connectivity index (χ2v) is 7.27. The highest BCUT2D eigenvalue weighted by atomic mass is 79.9. The maximum Gasteiger partial charge on any atom is 0.328 e. The highest BCUT2D eigenvalue weighted by molar-refractivity contribution is 9.10. The van der Waals surface area contributed by atoms with Gasteiger partial charge in [-0.15, -0.1) is 0 Å². The van der Waals surface area contributed by atoms with Gasteiger partial charge < -0.3 is 20.2 Å². The van der Waals surface area contributed by atoms with Crippen LogP contribution in [0, 0.1) is 5.92 Å². The fraction of sp³-hybridized carbons (Fsp3) is 0.444. The van der Waals surface area contributed by atoms with Crippen molar-refractivity contribution in [1.82, 2.24) is 5.32 Å². The predicted octanol–water partition coefficient (Wildman–Crippen LogP) is 3.63. The normalized spacial score (nSPS) is 16.6. The number of hydrogen-bond donors (Lipinski definition) is 2. The van der Waals surface area contributed by atoms with Crippen LogP contribution in [0.15, 0.2) is 27.1 Å². The summed E-state index contributed by atoms with van der Waals surface area (Å²) in [6, 6.07) is 4.68. The summed E-state index contributed by atoms with van der Waals surface area (Å²) in [4.78, 5) is 24.9. The molecule has 1 heterocycles. The summed E-state index contributed by atoms with van der Waals surface area (Å²) in [5.74, 6) is -0.828. The zero-order valence-corrected chi connectivity index (χ0v) is 15.6. The largest absolute Gasteiger partial charge is 0.467 e. The minimum Gasteiger partial charge on any atom is -0.467 e. The van der Waals surface area contributed by atoms with Gasteiger partial charge in [0.2, 0.25) is 5.76 Å². The van der Waals surface area contributed by atoms with Crippen molar-refractivity contribution in [2.24, 2.45) is 5.92 Å². The predicted molar refractivity (Wildman–Crippen MR) is 98.2 cm³/mol. The molecule has 1 fully saturated rings. The molecule has 0 bridgehead atoms. The Balaban J connectivity index is 1.85. The number of amides is 1. The highest BCUT2D eigenvalue weighted by Gasteiger charge is 2.33. The van der Waals surface area contributed by atoms with Gasteiger partial charge in [0.15, 0.2) is 0 Å². The Morgan fingerprint density at radius 2 is 2.04 bits per heavy atom. The third kappa shape index (κ3) is 3.66. The van der Waals surface area contributed by atoms with Crippen LogP contribution < -0.4 is 11.1 Å². The molecule has 1 amide bonds. The van der Waals surface area contributed by atoms with E-state index in [0.717, 1.165) is 36.6 Å². The first-order valence-corrected chi connectivity index (χ1v) is 9.16. The lowest BCUT2D eigenvalue weighted by Gasteiger charge is -2.28. The third-order valence-electron chi connectivity index (χ3n) is 4.76. The molecule has 1 saturated carbocycles. The number of carbonyl (C=O) groups excluding carboxylic acids is 2. The number of anilines is 1. The molecule has 0 aliphatic heterocycles. The van der Waals surface area contributed by atoms with Crippen LogP contribution in [-0.4, -0.2) is 25.0 Å². The first-order chi connectivity index (χ1) is 12.0. The van der Waals surface area contributed by atoms with Gasteiger partial charge in [-0.2, -0.15) is 0 Å². The molecule has 1 aromatic heterocycles. The molecule has 0 spiro atoms. The minimum atomic E-state index is -0.683. The number of nitrogens with one attached hydrogen (secondary N) is 1. The third-order valence-corrected chi connectivity index (χ3v) is 5.25. The molecule has 25 heavy (non-hydrogen) atoms. The Hall–Kier alpha value is -2.02. The van der Waals surface area contributed by atoms with Crippen LogP contribution in [0.3, 0.4) is 0 Å². The summed E-state index contributed by atoms with van der Waals surface area (Å²) in [6.07, 6.45) is 5.04. The zero-order chi connectivity index (χ0) is 18.0. The number of benzene rings is 1. The van der Waals surface area contributed by atoms with Gasteiger partial charge in [0.05, 0.1) is 12.8 Å². The van der Waals surface area contributed by atoms with Crippen molar-refractivity contribution in [2.75, 3.05) is 12.8 Å². The number of fused-ring (bicyclic) bond motifs is 1. The number of ether oxygens (including phenoxy) is 1. The number of rotatable bonds is 4. The number of hydrogen-bond acceptors (Lipinski definition) is 5. The van der Waals surface area contributed by atoms with Crippen LogP contribution >= 0.6 is 15.9 Å². The molecule has 3 N–H and O–H groups in total. The Bertz CT molecular complexity index is 796. The first-order valence-electron chi connectivity index (χ1n) is 8.37. The van der Waals surface area contributed by atoms with E-state index in [1.807, 2.05) is 6.07 Å². The quantitative estimate of drug-likeness (QED) is 0.753. The molecular weight excluding hydrogens is 388 g/mol. The van der Waals surface area contributed by atoms with Gasteiger partial charge in [-0.3, -0.25) is 4.79 Å². The van der Waals surface area contributed by atoms with Crippen molar-refractivity contribution in [2.45, 2.75) is 38.1 Å². The van der Waals surface area contributed by atoms with Crippen LogP contribution in [-0.2, 0) is 9.53 Å². The summed E-state index contributed by atoms with van der Waals surface area (Å²) in [5, 5.41) is 3.44. The van der Waals surface area contributed by atoms with Gasteiger partial charge >= 0.3 is 5.97 Å². The van der Waals surface area contributed by atoms with Crippen LogP contribution in [0.1, 0.15) is 42.7 Å². The molecule has 7 heteroatoms. The van der Waals surface area contributed by atoms with Crippen LogP contribution in [0.4, 0.5) is 5.69 Å². The van der Waals surface area contributed by atoms with E-state index in [-0.39, 0.29) is 17.4 Å². The fourth-order valence-corrected chi connectivity index (χ4v) is 3.77. The standard InChI is InChI=1S/C18H21BrN2O4/c1-24-18(23)15(10-5-3-2-4-6-10)21-17(22)16-14(20)12-8-7-11(19)9-13(12)25-16/h7-10,15H,2-6,20H2,1H3,(H,21,22)/t15-/m0/s1. The van der Waals surface area contributed by atoms with Gasteiger partial charge in [0.1, 0.15) is 11.6 Å². The van der Waals surface area contributed by atoms with Crippen LogP contribution in [0.25, 0.3) is 11.0 Å². The van der Waals surface area contributed by atoms with Gasteiger partial charge in [0.25, 0.3) is 5.91 Å². The fourth-order valence-electron chi connectivity index (χ4n) is 3.43. The van der Waals surface area contributed by atoms with Crippen molar-refractivity contribution >= 4 is 44.5 Å². The maximum absolute atomic E-state index is 12.7. The van der Waals surface area contributed by atoms with E-state index in [9.17, 15) is 9.59 Å². The van der Waals surface area contributed by atoms with Gasteiger partial charge in [-0.05, 0) is 37.0 Å². The minimum absolute atomic E-state index is 0.0258. The molecule has 6 nitrogen and oxygen atoms in total. The van der Waals surface area contributed by atoms with E-state index < -0.39 is 17.9 Å². The lowest BCUT2D eigenvalue weighted by molar-refractivity contribution is -0.144. The number of esters is 1. The summed E-state index contributed by atoms with van der Waals surface area (Å²) < 4.78 is 11.3. The van der Waals surface area contributed by atoms with E-state index in [0.29, 0.717) is 11.0 Å². The van der Waals surface area contributed by atoms with Crippen LogP contribution in [0.5, 0.6) is 0 Å². The molecule has 0 unspecified atom stereocenters.